The zero-order valence-electron chi connectivity index (χ0n) is 22.7. The fourth-order valence-corrected chi connectivity index (χ4v) is 4.38. The van der Waals surface area contributed by atoms with Gasteiger partial charge in [-0.3, -0.25) is 0 Å². The third kappa shape index (κ3) is 8.19. The first kappa shape index (κ1) is 28.4. The summed E-state index contributed by atoms with van der Waals surface area (Å²) in [6, 6.07) is 12.0. The van der Waals surface area contributed by atoms with Crippen molar-refractivity contribution < 1.29 is 42.8 Å². The number of morpholine rings is 3. The van der Waals surface area contributed by atoms with Gasteiger partial charge in [0.1, 0.15) is 17.2 Å². The van der Waals surface area contributed by atoms with Crippen molar-refractivity contribution in [3.63, 3.8) is 0 Å². The maximum absolute atomic E-state index is 12.7. The highest BCUT2D eigenvalue weighted by Crippen LogP contribution is 2.26. The van der Waals surface area contributed by atoms with Crippen molar-refractivity contribution in [2.24, 2.45) is 0 Å². The Bertz CT molecular complexity index is 1180. The SMILES string of the molecule is O=C(Oc1ccc(/C=C/c2cc(OC(=O)N3CCOCC3)cc(OC(=O)N3CCOCC3)c2)cc1)N1CCOCC1. The number of rotatable bonds is 5. The quantitative estimate of drug-likeness (QED) is 0.502. The Morgan fingerprint density at radius 2 is 0.878 bits per heavy atom. The van der Waals surface area contributed by atoms with Crippen molar-refractivity contribution >= 4 is 30.4 Å². The predicted molar refractivity (Wildman–Crippen MR) is 147 cm³/mol. The minimum atomic E-state index is -0.498. The smallest absolute Gasteiger partial charge is 0.410 e. The summed E-state index contributed by atoms with van der Waals surface area (Å²) in [5, 5.41) is 0. The number of hydrogen-bond donors (Lipinski definition) is 0. The van der Waals surface area contributed by atoms with Crippen LogP contribution in [0.15, 0.2) is 42.5 Å². The average molecular weight is 568 g/mol. The van der Waals surface area contributed by atoms with E-state index in [-0.39, 0.29) is 11.5 Å². The fraction of sp³-hybridized carbons (Fsp3) is 0.414. The van der Waals surface area contributed by atoms with Gasteiger partial charge >= 0.3 is 18.3 Å². The average Bonchev–Trinajstić information content (AvgIpc) is 3.02. The Kier molecular flexibility index (Phi) is 9.68. The first-order chi connectivity index (χ1) is 20.0. The molecular weight excluding hydrogens is 534 g/mol. The fourth-order valence-electron chi connectivity index (χ4n) is 4.38. The normalized spacial score (nSPS) is 17.8. The standard InChI is InChI=1S/C29H33N3O9/c33-27(30-7-13-36-14-8-30)39-24-5-3-22(4-6-24)1-2-23-19-25(40-28(34)31-9-15-37-16-10-31)21-26(20-23)41-29(35)32-11-17-38-18-12-32/h1-6,19-21H,7-18H2/b2-1+. The third-order valence-electron chi connectivity index (χ3n) is 6.67. The van der Waals surface area contributed by atoms with Crippen LogP contribution in [0.5, 0.6) is 17.2 Å². The lowest BCUT2D eigenvalue weighted by Gasteiger charge is -2.26. The predicted octanol–water partition coefficient (Wildman–Crippen LogP) is 3.35. The van der Waals surface area contributed by atoms with E-state index in [0.29, 0.717) is 90.2 Å². The molecule has 0 bridgehead atoms. The Balaban J connectivity index is 1.28. The van der Waals surface area contributed by atoms with Gasteiger partial charge in [0.05, 0.1) is 39.6 Å². The molecule has 218 valence electrons. The number of carbonyl (C=O) groups excluding carboxylic acids is 3. The maximum Gasteiger partial charge on any atom is 0.415 e. The van der Waals surface area contributed by atoms with E-state index < -0.39 is 18.3 Å². The summed E-state index contributed by atoms with van der Waals surface area (Å²) < 4.78 is 32.6. The Morgan fingerprint density at radius 1 is 0.512 bits per heavy atom. The lowest BCUT2D eigenvalue weighted by atomic mass is 10.1. The lowest BCUT2D eigenvalue weighted by molar-refractivity contribution is 0.0410. The topological polar surface area (TPSA) is 116 Å². The number of benzene rings is 2. The van der Waals surface area contributed by atoms with Gasteiger partial charge in [-0.05, 0) is 35.4 Å². The molecule has 12 heteroatoms. The number of carbonyl (C=O) groups is 3. The lowest BCUT2D eigenvalue weighted by Crippen LogP contribution is -2.42. The zero-order valence-corrected chi connectivity index (χ0v) is 22.7. The monoisotopic (exact) mass is 567 g/mol. The highest BCUT2D eigenvalue weighted by atomic mass is 16.6. The molecule has 3 fully saturated rings. The van der Waals surface area contributed by atoms with Crippen LogP contribution in [0.2, 0.25) is 0 Å². The highest BCUT2D eigenvalue weighted by Gasteiger charge is 2.22. The largest absolute Gasteiger partial charge is 0.415 e. The summed E-state index contributed by atoms with van der Waals surface area (Å²) in [6.45, 7) is 5.57. The first-order valence-corrected chi connectivity index (χ1v) is 13.6. The molecule has 3 aliphatic heterocycles. The molecule has 3 heterocycles. The Hall–Kier alpha value is -4.13. The van der Waals surface area contributed by atoms with Crippen molar-refractivity contribution in [2.75, 3.05) is 78.9 Å². The van der Waals surface area contributed by atoms with E-state index in [9.17, 15) is 14.4 Å². The van der Waals surface area contributed by atoms with Crippen molar-refractivity contribution in [3.8, 4) is 17.2 Å². The maximum atomic E-state index is 12.7. The van der Waals surface area contributed by atoms with E-state index in [1.165, 1.54) is 6.07 Å². The molecule has 2 aromatic rings. The summed E-state index contributed by atoms with van der Waals surface area (Å²) in [6.07, 6.45) is 2.26. The molecule has 3 aliphatic rings. The molecule has 41 heavy (non-hydrogen) atoms. The molecule has 2 aromatic carbocycles. The molecular formula is C29H33N3O9. The first-order valence-electron chi connectivity index (χ1n) is 13.6. The number of hydrogen-bond acceptors (Lipinski definition) is 9. The van der Waals surface area contributed by atoms with Crippen LogP contribution in [0, 0.1) is 0 Å². The van der Waals surface area contributed by atoms with E-state index in [4.69, 9.17) is 28.4 Å². The van der Waals surface area contributed by atoms with Gasteiger partial charge in [0.15, 0.2) is 0 Å². The number of nitrogens with zero attached hydrogens (tertiary/aromatic N) is 3. The summed E-state index contributed by atoms with van der Waals surface area (Å²) in [5.41, 5.74) is 1.50. The van der Waals surface area contributed by atoms with E-state index in [2.05, 4.69) is 0 Å². The van der Waals surface area contributed by atoms with E-state index in [1.54, 1.807) is 39.0 Å². The molecule has 0 N–H and O–H groups in total. The van der Waals surface area contributed by atoms with Gasteiger partial charge in [0.2, 0.25) is 0 Å². The zero-order chi connectivity index (χ0) is 28.4. The van der Waals surface area contributed by atoms with Gasteiger partial charge < -0.3 is 43.1 Å². The number of amides is 3. The van der Waals surface area contributed by atoms with Crippen LogP contribution in [0.3, 0.4) is 0 Å². The summed E-state index contributed by atoms with van der Waals surface area (Å²) in [4.78, 5) is 42.5. The van der Waals surface area contributed by atoms with Crippen LogP contribution in [-0.2, 0) is 14.2 Å². The Labute approximate surface area is 237 Å². The van der Waals surface area contributed by atoms with Crippen molar-refractivity contribution in [1.82, 2.24) is 14.7 Å². The minimum absolute atomic E-state index is 0.249. The molecule has 0 atom stereocenters. The summed E-state index contributed by atoms with van der Waals surface area (Å²) in [7, 11) is 0. The molecule has 3 amide bonds. The van der Waals surface area contributed by atoms with Gasteiger partial charge in [0.25, 0.3) is 0 Å². The summed E-state index contributed by atoms with van der Waals surface area (Å²) >= 11 is 0. The van der Waals surface area contributed by atoms with E-state index in [1.807, 2.05) is 24.3 Å². The molecule has 12 nitrogen and oxygen atoms in total. The van der Waals surface area contributed by atoms with Gasteiger partial charge in [0, 0.05) is 45.3 Å². The van der Waals surface area contributed by atoms with E-state index >= 15 is 0 Å². The van der Waals surface area contributed by atoms with Crippen LogP contribution >= 0.6 is 0 Å². The highest BCUT2D eigenvalue weighted by molar-refractivity contribution is 5.76. The van der Waals surface area contributed by atoms with Crippen LogP contribution in [0.25, 0.3) is 12.2 Å². The molecule has 5 rings (SSSR count). The third-order valence-corrected chi connectivity index (χ3v) is 6.67. The Morgan fingerprint density at radius 3 is 1.29 bits per heavy atom. The van der Waals surface area contributed by atoms with Crippen molar-refractivity contribution in [1.29, 1.82) is 0 Å². The molecule has 0 aromatic heterocycles. The molecule has 0 unspecified atom stereocenters. The van der Waals surface area contributed by atoms with Crippen molar-refractivity contribution in [2.45, 2.75) is 0 Å². The van der Waals surface area contributed by atoms with Crippen LogP contribution in [0.4, 0.5) is 14.4 Å². The van der Waals surface area contributed by atoms with Crippen LogP contribution < -0.4 is 14.2 Å². The minimum Gasteiger partial charge on any atom is -0.410 e. The van der Waals surface area contributed by atoms with Crippen LogP contribution in [0.1, 0.15) is 11.1 Å². The van der Waals surface area contributed by atoms with Gasteiger partial charge in [-0.15, -0.1) is 0 Å². The molecule has 0 spiro atoms. The van der Waals surface area contributed by atoms with Crippen molar-refractivity contribution in [3.05, 3.63) is 53.6 Å². The molecule has 0 aliphatic carbocycles. The second kappa shape index (κ2) is 14.0. The second-order valence-corrected chi connectivity index (χ2v) is 9.54. The summed E-state index contributed by atoms with van der Waals surface area (Å²) in [5.74, 6) is 0.936. The van der Waals surface area contributed by atoms with Crippen LogP contribution in [-0.4, -0.2) is 112 Å². The van der Waals surface area contributed by atoms with Gasteiger partial charge in [-0.2, -0.15) is 0 Å². The van der Waals surface area contributed by atoms with Gasteiger partial charge in [-0.1, -0.05) is 24.3 Å². The second-order valence-electron chi connectivity index (χ2n) is 9.54. The molecule has 3 saturated heterocycles. The van der Waals surface area contributed by atoms with Gasteiger partial charge in [-0.25, -0.2) is 14.4 Å². The number of ether oxygens (including phenoxy) is 6. The van der Waals surface area contributed by atoms with E-state index in [0.717, 1.165) is 5.56 Å². The molecule has 0 saturated carbocycles. The molecule has 0 radical (unpaired) electrons.